The molecule has 3 rings (SSSR count). The zero-order valence-electron chi connectivity index (χ0n) is 17.3. The maximum atomic E-state index is 12.9. The number of hydrogen-bond acceptors (Lipinski definition) is 4. The molecule has 6 N–H and O–H groups in total. The lowest BCUT2D eigenvalue weighted by atomic mass is 9.85. The van der Waals surface area contributed by atoms with Gasteiger partial charge in [0.2, 0.25) is 0 Å². The molecule has 0 aliphatic heterocycles. The van der Waals surface area contributed by atoms with Crippen LogP contribution in [-0.2, 0) is 5.41 Å². The molecule has 0 saturated heterocycles. The van der Waals surface area contributed by atoms with E-state index in [9.17, 15) is 9.59 Å². The first-order chi connectivity index (χ1) is 14.1. The molecule has 0 heterocycles. The molecule has 0 atom stereocenters. The third-order valence-electron chi connectivity index (χ3n) is 4.66. The molecule has 3 aromatic rings. The van der Waals surface area contributed by atoms with Gasteiger partial charge in [0.05, 0.1) is 0 Å². The van der Waals surface area contributed by atoms with E-state index in [0.717, 1.165) is 5.56 Å². The fourth-order valence-electron chi connectivity index (χ4n) is 2.86. The molecule has 3 aromatic carbocycles. The first-order valence-corrected chi connectivity index (χ1v) is 9.61. The summed E-state index contributed by atoms with van der Waals surface area (Å²) >= 11 is 0. The standard InChI is InChI=1S/C24H26N4O2/c1-24(2,3)17-13-15(22(29)27-20-8-4-18(25)5-9-20)12-16(14-17)23(30)28-21-10-6-19(26)7-11-21/h4-14H,25-26H2,1-3H3,(H,27,29)(H,28,30). The monoisotopic (exact) mass is 402 g/mol. The summed E-state index contributed by atoms with van der Waals surface area (Å²) in [5.41, 5.74) is 15.3. The van der Waals surface area contributed by atoms with Crippen molar-refractivity contribution >= 4 is 34.6 Å². The highest BCUT2D eigenvalue weighted by Crippen LogP contribution is 2.26. The van der Waals surface area contributed by atoms with Crippen molar-refractivity contribution in [3.63, 3.8) is 0 Å². The zero-order chi connectivity index (χ0) is 21.9. The van der Waals surface area contributed by atoms with Crippen molar-refractivity contribution in [3.8, 4) is 0 Å². The van der Waals surface area contributed by atoms with E-state index in [4.69, 9.17) is 11.5 Å². The van der Waals surface area contributed by atoms with Crippen LogP contribution in [0, 0.1) is 0 Å². The highest BCUT2D eigenvalue weighted by molar-refractivity contribution is 6.09. The maximum absolute atomic E-state index is 12.9. The molecule has 0 fully saturated rings. The van der Waals surface area contributed by atoms with Crippen LogP contribution in [0.3, 0.4) is 0 Å². The lowest BCUT2D eigenvalue weighted by Gasteiger charge is -2.21. The molecule has 6 nitrogen and oxygen atoms in total. The maximum Gasteiger partial charge on any atom is 0.255 e. The Balaban J connectivity index is 1.91. The number of rotatable bonds is 4. The lowest BCUT2D eigenvalue weighted by molar-refractivity contribution is 0.102. The fraction of sp³-hybridized carbons (Fsp3) is 0.167. The van der Waals surface area contributed by atoms with Gasteiger partial charge in [-0.3, -0.25) is 9.59 Å². The molecule has 2 amide bonds. The molecule has 0 saturated carbocycles. The minimum atomic E-state index is -0.299. The first kappa shape index (κ1) is 20.9. The van der Waals surface area contributed by atoms with Crippen LogP contribution in [-0.4, -0.2) is 11.8 Å². The van der Waals surface area contributed by atoms with Gasteiger partial charge in [-0.1, -0.05) is 20.8 Å². The highest BCUT2D eigenvalue weighted by atomic mass is 16.2. The summed E-state index contributed by atoms with van der Waals surface area (Å²) in [6.45, 7) is 6.10. The summed E-state index contributed by atoms with van der Waals surface area (Å²) in [6.07, 6.45) is 0. The number of carbonyl (C=O) groups is 2. The first-order valence-electron chi connectivity index (χ1n) is 9.61. The van der Waals surface area contributed by atoms with Crippen molar-refractivity contribution in [3.05, 3.63) is 83.4 Å². The Morgan fingerprint density at radius 2 is 1.03 bits per heavy atom. The molecule has 154 valence electrons. The van der Waals surface area contributed by atoms with Crippen LogP contribution >= 0.6 is 0 Å². The number of nitrogen functional groups attached to an aromatic ring is 2. The Labute approximate surface area is 176 Å². The number of anilines is 4. The van der Waals surface area contributed by atoms with Gasteiger partial charge in [0.25, 0.3) is 11.8 Å². The van der Waals surface area contributed by atoms with Crippen molar-refractivity contribution in [2.45, 2.75) is 26.2 Å². The second-order valence-electron chi connectivity index (χ2n) is 8.20. The quantitative estimate of drug-likeness (QED) is 0.476. The minimum Gasteiger partial charge on any atom is -0.399 e. The van der Waals surface area contributed by atoms with Gasteiger partial charge in [0.1, 0.15) is 0 Å². The molecule has 0 bridgehead atoms. The Morgan fingerprint density at radius 1 is 0.667 bits per heavy atom. The molecule has 0 aromatic heterocycles. The smallest absolute Gasteiger partial charge is 0.255 e. The van der Waals surface area contributed by atoms with E-state index in [-0.39, 0.29) is 17.2 Å². The van der Waals surface area contributed by atoms with Gasteiger partial charge in [-0.05, 0) is 77.7 Å². The molecule has 0 unspecified atom stereocenters. The highest BCUT2D eigenvalue weighted by Gasteiger charge is 2.20. The number of benzene rings is 3. The van der Waals surface area contributed by atoms with Crippen LogP contribution in [0.15, 0.2) is 66.7 Å². The van der Waals surface area contributed by atoms with Crippen LogP contribution in [0.25, 0.3) is 0 Å². The zero-order valence-corrected chi connectivity index (χ0v) is 17.3. The van der Waals surface area contributed by atoms with Crippen LogP contribution in [0.4, 0.5) is 22.7 Å². The predicted molar refractivity (Wildman–Crippen MR) is 123 cm³/mol. The molecule has 0 aliphatic rings. The second-order valence-corrected chi connectivity index (χ2v) is 8.20. The Morgan fingerprint density at radius 3 is 1.37 bits per heavy atom. The second kappa shape index (κ2) is 8.29. The molecular weight excluding hydrogens is 376 g/mol. The van der Waals surface area contributed by atoms with Crippen LogP contribution < -0.4 is 22.1 Å². The minimum absolute atomic E-state index is 0.242. The molecule has 0 spiro atoms. The number of nitrogens with two attached hydrogens (primary N) is 2. The van der Waals surface area contributed by atoms with E-state index in [1.807, 2.05) is 32.9 Å². The number of hydrogen-bond donors (Lipinski definition) is 4. The van der Waals surface area contributed by atoms with Crippen molar-refractivity contribution in [2.24, 2.45) is 0 Å². The Kier molecular flexibility index (Phi) is 5.78. The van der Waals surface area contributed by atoms with Gasteiger partial charge >= 0.3 is 0 Å². The van der Waals surface area contributed by atoms with Crippen molar-refractivity contribution in [1.29, 1.82) is 0 Å². The van der Waals surface area contributed by atoms with E-state index >= 15 is 0 Å². The molecule has 0 radical (unpaired) electrons. The van der Waals surface area contributed by atoms with E-state index in [1.54, 1.807) is 54.6 Å². The van der Waals surface area contributed by atoms with Gasteiger partial charge < -0.3 is 22.1 Å². The molecular formula is C24H26N4O2. The number of nitrogens with one attached hydrogen (secondary N) is 2. The predicted octanol–water partition coefficient (Wildman–Crippen LogP) is 4.65. The summed E-state index contributed by atoms with van der Waals surface area (Å²) in [5, 5.41) is 5.69. The normalized spacial score (nSPS) is 11.0. The average Bonchev–Trinajstić information content (AvgIpc) is 2.70. The van der Waals surface area contributed by atoms with Crippen LogP contribution in [0.1, 0.15) is 47.1 Å². The van der Waals surface area contributed by atoms with Crippen molar-refractivity contribution in [2.75, 3.05) is 22.1 Å². The topological polar surface area (TPSA) is 110 Å². The fourth-order valence-corrected chi connectivity index (χ4v) is 2.86. The van der Waals surface area contributed by atoms with Crippen LogP contribution in [0.2, 0.25) is 0 Å². The molecule has 0 aliphatic carbocycles. The van der Waals surface area contributed by atoms with E-state index in [0.29, 0.717) is 33.9 Å². The number of carbonyl (C=O) groups excluding carboxylic acids is 2. The summed E-state index contributed by atoms with van der Waals surface area (Å²) in [6, 6.07) is 19.0. The Hall–Kier alpha value is -3.80. The van der Waals surface area contributed by atoms with Crippen LogP contribution in [0.5, 0.6) is 0 Å². The van der Waals surface area contributed by atoms with E-state index < -0.39 is 0 Å². The van der Waals surface area contributed by atoms with E-state index in [1.165, 1.54) is 0 Å². The summed E-state index contributed by atoms with van der Waals surface area (Å²) in [5.74, 6) is -0.597. The summed E-state index contributed by atoms with van der Waals surface area (Å²) in [4.78, 5) is 25.7. The average molecular weight is 402 g/mol. The third-order valence-corrected chi connectivity index (χ3v) is 4.66. The van der Waals surface area contributed by atoms with Crippen molar-refractivity contribution in [1.82, 2.24) is 0 Å². The SMILES string of the molecule is CC(C)(C)c1cc(C(=O)Nc2ccc(N)cc2)cc(C(=O)Nc2ccc(N)cc2)c1. The molecule has 6 heteroatoms. The Bertz CT molecular complexity index is 988. The van der Waals surface area contributed by atoms with Gasteiger partial charge in [0.15, 0.2) is 0 Å². The summed E-state index contributed by atoms with van der Waals surface area (Å²) < 4.78 is 0. The van der Waals surface area contributed by atoms with Gasteiger partial charge in [-0.2, -0.15) is 0 Å². The van der Waals surface area contributed by atoms with Gasteiger partial charge in [0, 0.05) is 33.9 Å². The molecule has 30 heavy (non-hydrogen) atoms. The van der Waals surface area contributed by atoms with E-state index in [2.05, 4.69) is 10.6 Å². The number of amides is 2. The third kappa shape index (κ3) is 5.17. The van der Waals surface area contributed by atoms with Crippen molar-refractivity contribution < 1.29 is 9.59 Å². The largest absolute Gasteiger partial charge is 0.399 e. The van der Waals surface area contributed by atoms with Gasteiger partial charge in [-0.15, -0.1) is 0 Å². The summed E-state index contributed by atoms with van der Waals surface area (Å²) in [7, 11) is 0. The lowest BCUT2D eigenvalue weighted by Crippen LogP contribution is -2.19. The van der Waals surface area contributed by atoms with Gasteiger partial charge in [-0.25, -0.2) is 0 Å².